The van der Waals surface area contributed by atoms with Gasteiger partial charge in [-0.25, -0.2) is 0 Å². The number of anilines is 2. The number of rotatable bonds is 8. The van der Waals surface area contributed by atoms with Crippen LogP contribution in [0.5, 0.6) is 6.01 Å². The smallest absolute Gasteiger partial charge is 0.318 e. The van der Waals surface area contributed by atoms with Crippen LogP contribution < -0.4 is 19.9 Å². The maximum absolute atomic E-state index is 12.7. The quantitative estimate of drug-likeness (QED) is 0.397. The van der Waals surface area contributed by atoms with E-state index in [1.807, 2.05) is 0 Å². The first-order valence-electron chi connectivity index (χ1n) is 16.6. The van der Waals surface area contributed by atoms with Crippen LogP contribution in [0.1, 0.15) is 48.9 Å². The molecule has 7 rings (SSSR count). The molecule has 4 aliphatic rings. The minimum Gasteiger partial charge on any atom is -0.461 e. The lowest BCUT2D eigenvalue weighted by molar-refractivity contribution is -0.193. The van der Waals surface area contributed by atoms with E-state index < -0.39 is 0 Å². The predicted octanol–water partition coefficient (Wildman–Crippen LogP) is 3.71. The van der Waals surface area contributed by atoms with E-state index in [2.05, 4.69) is 64.5 Å². The van der Waals surface area contributed by atoms with Crippen molar-refractivity contribution in [2.45, 2.75) is 76.5 Å². The topological polar surface area (TPSA) is 116 Å². The van der Waals surface area contributed by atoms with Crippen LogP contribution in [0.3, 0.4) is 0 Å². The first-order chi connectivity index (χ1) is 22.5. The van der Waals surface area contributed by atoms with Gasteiger partial charge in [0.25, 0.3) is 0 Å². The molecule has 2 aromatic carbocycles. The number of aryl methyl sites for hydroxylation is 1. The lowest BCUT2D eigenvalue weighted by Crippen LogP contribution is -2.51. The molecule has 1 amide bonds. The van der Waals surface area contributed by atoms with Crippen LogP contribution in [-0.4, -0.2) is 91.7 Å². The van der Waals surface area contributed by atoms with E-state index in [4.69, 9.17) is 24.2 Å². The van der Waals surface area contributed by atoms with Crippen LogP contribution in [0.15, 0.2) is 36.4 Å². The fourth-order valence-corrected chi connectivity index (χ4v) is 7.37. The van der Waals surface area contributed by atoms with Crippen molar-refractivity contribution in [3.05, 3.63) is 53.2 Å². The summed E-state index contributed by atoms with van der Waals surface area (Å²) in [4.78, 5) is 29.2. The Morgan fingerprint density at radius 1 is 1.13 bits per heavy atom. The summed E-state index contributed by atoms with van der Waals surface area (Å²) in [6, 6.07) is 15.4. The molecule has 46 heavy (non-hydrogen) atoms. The molecule has 0 bridgehead atoms. The van der Waals surface area contributed by atoms with Crippen LogP contribution in [0, 0.1) is 18.3 Å². The molecule has 3 saturated heterocycles. The molecule has 0 saturated carbocycles. The molecule has 4 aliphatic heterocycles. The normalized spacial score (nSPS) is 25.1. The van der Waals surface area contributed by atoms with Crippen LogP contribution in [0.2, 0.25) is 0 Å². The highest BCUT2D eigenvalue weighted by Gasteiger charge is 2.41. The third-order valence-electron chi connectivity index (χ3n) is 9.89. The van der Waals surface area contributed by atoms with Crippen molar-refractivity contribution in [2.24, 2.45) is 0 Å². The third kappa shape index (κ3) is 6.21. The molecule has 242 valence electrons. The van der Waals surface area contributed by atoms with Crippen molar-refractivity contribution in [3.8, 4) is 12.1 Å². The van der Waals surface area contributed by atoms with Gasteiger partial charge in [0.15, 0.2) is 6.29 Å². The Bertz CT molecular complexity index is 1620. The highest BCUT2D eigenvalue weighted by Crippen LogP contribution is 2.36. The summed E-state index contributed by atoms with van der Waals surface area (Å²) in [5.74, 6) is 0.921. The molecule has 11 heteroatoms. The number of nitriles is 1. The second-order valence-corrected chi connectivity index (χ2v) is 12.9. The number of ether oxygens (including phenoxy) is 3. The monoisotopic (exact) mass is 625 g/mol. The SMILES string of the molecule is Cc1cccc2cccc(N3CCc4c(nc(OC[C@@H]5[C@H](OC6CCCCO6)CC(=O)N5C)nc4N4CCN[C@@H](CC#N)C4)C3)c12. The summed E-state index contributed by atoms with van der Waals surface area (Å²) in [7, 11) is 1.81. The maximum Gasteiger partial charge on any atom is 0.318 e. The minimum absolute atomic E-state index is 0.0341. The van der Waals surface area contributed by atoms with Gasteiger partial charge in [-0.05, 0) is 49.6 Å². The Labute approximate surface area is 270 Å². The fraction of sp³-hybridized carbons (Fsp3) is 0.543. The molecule has 3 fully saturated rings. The molecule has 3 aromatic rings. The van der Waals surface area contributed by atoms with E-state index in [1.54, 1.807) is 11.9 Å². The fourth-order valence-electron chi connectivity index (χ4n) is 7.37. The molecule has 4 atom stereocenters. The van der Waals surface area contributed by atoms with E-state index >= 15 is 0 Å². The van der Waals surface area contributed by atoms with Gasteiger partial charge >= 0.3 is 6.01 Å². The number of likely N-dealkylation sites (tertiary alicyclic amines) is 1. The zero-order valence-corrected chi connectivity index (χ0v) is 26.8. The van der Waals surface area contributed by atoms with Crippen LogP contribution in [-0.2, 0) is 27.2 Å². The number of fused-ring (bicyclic) bond motifs is 2. The Kier molecular flexibility index (Phi) is 8.93. The second-order valence-electron chi connectivity index (χ2n) is 12.9. The summed E-state index contributed by atoms with van der Waals surface area (Å²) >= 11 is 0. The van der Waals surface area contributed by atoms with Gasteiger partial charge in [-0.3, -0.25) is 4.79 Å². The summed E-state index contributed by atoms with van der Waals surface area (Å²) in [6.07, 6.45) is 3.88. The number of piperazine rings is 1. The Hall–Kier alpha value is -3.98. The summed E-state index contributed by atoms with van der Waals surface area (Å²) < 4.78 is 18.5. The minimum atomic E-state index is -0.317. The number of amides is 1. The molecule has 0 radical (unpaired) electrons. The van der Waals surface area contributed by atoms with Gasteiger partial charge in [0.1, 0.15) is 12.4 Å². The van der Waals surface area contributed by atoms with Gasteiger partial charge in [-0.1, -0.05) is 30.3 Å². The number of aromatic nitrogens is 2. The number of hydrogen-bond donors (Lipinski definition) is 1. The van der Waals surface area contributed by atoms with Crippen molar-refractivity contribution in [1.29, 1.82) is 5.26 Å². The van der Waals surface area contributed by atoms with Gasteiger partial charge in [0.05, 0.1) is 43.3 Å². The number of hydrogen-bond acceptors (Lipinski definition) is 10. The van der Waals surface area contributed by atoms with Gasteiger partial charge in [-0.2, -0.15) is 15.2 Å². The average molecular weight is 626 g/mol. The number of carbonyl (C=O) groups excluding carboxylic acids is 1. The summed E-state index contributed by atoms with van der Waals surface area (Å²) in [5.41, 5.74) is 4.55. The molecule has 1 N–H and O–H groups in total. The Balaban J connectivity index is 1.18. The van der Waals surface area contributed by atoms with Crippen molar-refractivity contribution < 1.29 is 19.0 Å². The first kappa shape index (κ1) is 30.7. The lowest BCUT2D eigenvalue weighted by Gasteiger charge is -2.37. The standard InChI is InChI=1S/C35H43N7O4/c1-23-7-5-8-24-9-6-10-28(33(23)24)41-16-13-26-27(21-41)38-35(39-34(26)42-17-15-37-25(20-42)12-14-36)45-22-29-30(19-31(43)40(29)2)46-32-11-3-4-18-44-32/h5-10,25,29-30,32,37H,3-4,11-13,15-22H2,1-2H3/t25-,29+,30+,32?/m0/s1. The van der Waals surface area contributed by atoms with Crippen LogP contribution in [0.25, 0.3) is 10.8 Å². The highest BCUT2D eigenvalue weighted by atomic mass is 16.7. The van der Waals surface area contributed by atoms with Crippen LogP contribution >= 0.6 is 0 Å². The largest absolute Gasteiger partial charge is 0.461 e. The van der Waals surface area contributed by atoms with E-state index in [0.717, 1.165) is 62.4 Å². The van der Waals surface area contributed by atoms with Gasteiger partial charge in [0, 0.05) is 62.5 Å². The van der Waals surface area contributed by atoms with Gasteiger partial charge in [0.2, 0.25) is 5.91 Å². The molecular weight excluding hydrogens is 582 g/mol. The number of nitrogens with one attached hydrogen (secondary N) is 1. The number of carbonyl (C=O) groups is 1. The Morgan fingerprint density at radius 3 is 2.83 bits per heavy atom. The van der Waals surface area contributed by atoms with E-state index in [0.29, 0.717) is 38.5 Å². The Morgan fingerprint density at radius 2 is 2.00 bits per heavy atom. The highest BCUT2D eigenvalue weighted by molar-refractivity contribution is 5.97. The lowest BCUT2D eigenvalue weighted by atomic mass is 9.99. The number of nitrogens with zero attached hydrogens (tertiary/aromatic N) is 6. The number of benzene rings is 2. The summed E-state index contributed by atoms with van der Waals surface area (Å²) in [6.45, 7) is 6.82. The van der Waals surface area contributed by atoms with E-state index in [-0.39, 0.29) is 37.0 Å². The third-order valence-corrected chi connectivity index (χ3v) is 9.89. The van der Waals surface area contributed by atoms with Crippen molar-refractivity contribution in [2.75, 3.05) is 56.2 Å². The van der Waals surface area contributed by atoms with Crippen molar-refractivity contribution in [3.63, 3.8) is 0 Å². The number of likely N-dealkylation sites (N-methyl/N-ethyl adjacent to an activating group) is 1. The second kappa shape index (κ2) is 13.4. The van der Waals surface area contributed by atoms with Gasteiger partial charge < -0.3 is 34.2 Å². The molecule has 1 unspecified atom stereocenters. The zero-order valence-electron chi connectivity index (χ0n) is 26.8. The van der Waals surface area contributed by atoms with E-state index in [1.165, 1.54) is 22.0 Å². The average Bonchev–Trinajstić information content (AvgIpc) is 3.34. The van der Waals surface area contributed by atoms with Gasteiger partial charge in [-0.15, -0.1) is 0 Å². The molecule has 5 heterocycles. The van der Waals surface area contributed by atoms with Crippen LogP contribution in [0.4, 0.5) is 11.5 Å². The zero-order chi connectivity index (χ0) is 31.6. The maximum atomic E-state index is 12.7. The molecular formula is C35H43N7O4. The van der Waals surface area contributed by atoms with Crippen molar-refractivity contribution in [1.82, 2.24) is 20.2 Å². The molecule has 0 spiro atoms. The predicted molar refractivity (Wildman–Crippen MR) is 175 cm³/mol. The molecule has 11 nitrogen and oxygen atoms in total. The van der Waals surface area contributed by atoms with E-state index in [9.17, 15) is 10.1 Å². The molecule has 0 aliphatic carbocycles. The summed E-state index contributed by atoms with van der Waals surface area (Å²) in [5, 5.41) is 15.3. The first-order valence-corrected chi connectivity index (χ1v) is 16.6. The van der Waals surface area contributed by atoms with Crippen molar-refractivity contribution >= 4 is 28.2 Å². The molecule has 1 aromatic heterocycles.